The Kier molecular flexibility index (Phi) is 11.7. The van der Waals surface area contributed by atoms with Crippen LogP contribution in [0.15, 0.2) is 36.3 Å². The molecule has 9 aliphatic rings. The molecule has 2 saturated heterocycles. The topological polar surface area (TPSA) is 261 Å². The molecule has 0 radical (unpaired) electrons. The minimum absolute atomic E-state index is 0.0100. The van der Waals surface area contributed by atoms with Gasteiger partial charge in [-0.15, -0.1) is 0 Å². The molecule has 0 spiro atoms. The Labute approximate surface area is 394 Å². The summed E-state index contributed by atoms with van der Waals surface area (Å²) in [6, 6.07) is -0.360. The first-order valence-corrected chi connectivity index (χ1v) is 25.6. The molecule has 22 atom stereocenters. The lowest BCUT2D eigenvalue weighted by Crippen LogP contribution is -2.74. The van der Waals surface area contributed by atoms with E-state index in [1.807, 2.05) is 13.1 Å². The maximum atomic E-state index is 14.0. The molecule has 1 aromatic heterocycles. The molecule has 5 saturated carbocycles. The Hall–Kier alpha value is -2.73. The number of carboxylic acid groups (broad SMARTS) is 1. The highest BCUT2D eigenvalue weighted by Gasteiger charge is 2.77. The second-order valence-corrected chi connectivity index (χ2v) is 24.6. The van der Waals surface area contributed by atoms with Crippen LogP contribution in [0.1, 0.15) is 117 Å². The van der Waals surface area contributed by atoms with Crippen LogP contribution >= 0.6 is 0 Å². The number of carbonyl (C=O) groups excluding carboxylic acids is 1. The van der Waals surface area contributed by atoms with Gasteiger partial charge in [-0.1, -0.05) is 64.8 Å². The molecule has 1 aromatic rings. The fraction of sp³-hybridized carbons (Fsp3) is 0.827. The van der Waals surface area contributed by atoms with Crippen molar-refractivity contribution in [1.29, 1.82) is 0 Å². The van der Waals surface area contributed by atoms with Gasteiger partial charge in [0, 0.05) is 36.4 Å². The number of hydrogen-bond acceptors (Lipinski definition) is 12. The van der Waals surface area contributed by atoms with E-state index in [4.69, 9.17) is 15.2 Å². The number of carbonyl (C=O) groups is 2. The number of fused-ring (bicyclic) bond motifs is 9. The van der Waals surface area contributed by atoms with Gasteiger partial charge in [0.05, 0.1) is 42.6 Å². The fourth-order valence-corrected chi connectivity index (χ4v) is 18.8. The van der Waals surface area contributed by atoms with Gasteiger partial charge in [-0.25, -0.2) is 4.98 Å². The lowest BCUT2D eigenvalue weighted by Gasteiger charge is -2.75. The van der Waals surface area contributed by atoms with Crippen molar-refractivity contribution in [2.75, 3.05) is 26.4 Å². The summed E-state index contributed by atoms with van der Waals surface area (Å²) in [7, 11) is 0. The van der Waals surface area contributed by atoms with Gasteiger partial charge in [0.25, 0.3) is 0 Å². The molecular weight excluding hydrogens is 857 g/mol. The molecular formula is C52H78N4O11. The van der Waals surface area contributed by atoms with Crippen molar-refractivity contribution in [3.8, 4) is 0 Å². The molecule has 15 heteroatoms. The Balaban J connectivity index is 1.15. The van der Waals surface area contributed by atoms with Gasteiger partial charge < -0.3 is 61.3 Å². The number of aliphatic hydroxyl groups excluding tert-OH is 6. The second-order valence-electron chi connectivity index (χ2n) is 24.6. The van der Waals surface area contributed by atoms with Gasteiger partial charge in [-0.3, -0.25) is 9.59 Å². The molecule has 1 amide bonds. The van der Waals surface area contributed by atoms with Crippen molar-refractivity contribution < 1.29 is 54.8 Å². The number of rotatable bonds is 10. The number of aromatic amines is 1. The molecule has 372 valence electrons. The van der Waals surface area contributed by atoms with Crippen LogP contribution in [0.25, 0.3) is 0 Å². The predicted molar refractivity (Wildman–Crippen MR) is 245 cm³/mol. The maximum absolute atomic E-state index is 14.0. The lowest BCUT2D eigenvalue weighted by molar-refractivity contribution is -0.343. The minimum Gasteiger partial charge on any atom is -0.481 e. The van der Waals surface area contributed by atoms with Crippen LogP contribution in [0.4, 0.5) is 0 Å². The van der Waals surface area contributed by atoms with Crippen LogP contribution in [0.3, 0.4) is 0 Å². The van der Waals surface area contributed by atoms with Crippen molar-refractivity contribution in [1.82, 2.24) is 15.3 Å². The summed E-state index contributed by atoms with van der Waals surface area (Å²) in [5.41, 5.74) is 3.73. The molecule has 0 aromatic carbocycles. The zero-order valence-electron chi connectivity index (χ0n) is 40.1. The Morgan fingerprint density at radius 3 is 2.42 bits per heavy atom. The minimum atomic E-state index is -1.62. The van der Waals surface area contributed by atoms with E-state index in [1.54, 1.807) is 6.33 Å². The average molecular weight is 935 g/mol. The van der Waals surface area contributed by atoms with Crippen LogP contribution in [0.5, 0.6) is 0 Å². The number of ether oxygens (including phenoxy) is 2. The van der Waals surface area contributed by atoms with E-state index < -0.39 is 86.6 Å². The number of aliphatic carboxylic acids is 1. The van der Waals surface area contributed by atoms with Crippen LogP contribution in [0.2, 0.25) is 0 Å². The molecule has 0 unspecified atom stereocenters. The van der Waals surface area contributed by atoms with Crippen molar-refractivity contribution >= 4 is 11.9 Å². The zero-order chi connectivity index (χ0) is 47.9. The number of imidazole rings is 1. The number of amides is 1. The first-order valence-electron chi connectivity index (χ1n) is 25.6. The van der Waals surface area contributed by atoms with Gasteiger partial charge in [-0.2, -0.15) is 0 Å². The van der Waals surface area contributed by atoms with Gasteiger partial charge >= 0.3 is 5.97 Å². The maximum Gasteiger partial charge on any atom is 0.310 e. The normalized spacial score (nSPS) is 53.3. The van der Waals surface area contributed by atoms with E-state index in [9.17, 15) is 45.3 Å². The van der Waals surface area contributed by atoms with Crippen molar-refractivity contribution in [2.45, 2.75) is 160 Å². The van der Waals surface area contributed by atoms with E-state index >= 15 is 0 Å². The number of allylic oxidation sites excluding steroid dienone is 3. The Morgan fingerprint density at radius 1 is 0.970 bits per heavy atom. The number of carboxylic acids is 1. The third-order valence-corrected chi connectivity index (χ3v) is 22.0. The number of H-pyrrole nitrogens is 1. The lowest BCUT2D eigenvalue weighted by atomic mass is 9.29. The molecule has 7 fully saturated rings. The molecule has 2 aliphatic heterocycles. The highest BCUT2D eigenvalue weighted by Crippen LogP contribution is 2.80. The standard InChI is InChI=1S/C52H78N4O11/c1-46(24-57)19-28-9-6-8-27-20-52(28,45(64)65)32(21-46)31-10-11-35-48(3,50(27,31)5)15-13-34-47(2,25-58)43(67-44-41(63)39(61)33(59)23-66-44)40(62)38(49(34,35)4)29-12-16-51(14-7-17-53,36-22-54-26-55-36)42-30(29)18-37(60)56-42/h10,12,16,22,26-30,32-35,38-44,57-59,61-63H,6-9,11,13-15,17-21,23-25,53H2,1-5H3,(H,54,55)(H,56,60)(H,64,65)/t27-,28-,29+,30-,32-,33+,34+,35-,38-,39-,40+,41+,42-,43+,44-,46-,47-,48+,49-,50+,51+,52+/m0/s1. The monoisotopic (exact) mass is 935 g/mol. The third kappa shape index (κ3) is 6.36. The fourth-order valence-electron chi connectivity index (χ4n) is 18.8. The average Bonchev–Trinajstić information content (AvgIpc) is 3.95. The number of nitrogens with one attached hydrogen (secondary N) is 2. The molecule has 7 aliphatic carbocycles. The molecule has 3 heterocycles. The summed E-state index contributed by atoms with van der Waals surface area (Å²) in [4.78, 5) is 35.7. The zero-order valence-corrected chi connectivity index (χ0v) is 40.1. The van der Waals surface area contributed by atoms with Crippen molar-refractivity contribution in [3.05, 3.63) is 42.0 Å². The van der Waals surface area contributed by atoms with Crippen LogP contribution < -0.4 is 11.1 Å². The second kappa shape index (κ2) is 16.4. The largest absolute Gasteiger partial charge is 0.481 e. The van der Waals surface area contributed by atoms with E-state index in [2.05, 4.69) is 61.2 Å². The van der Waals surface area contributed by atoms with E-state index in [0.717, 1.165) is 31.4 Å². The first-order chi connectivity index (χ1) is 31.8. The van der Waals surface area contributed by atoms with E-state index in [-0.39, 0.29) is 79.6 Å². The third-order valence-electron chi connectivity index (χ3n) is 22.0. The summed E-state index contributed by atoms with van der Waals surface area (Å²) < 4.78 is 12.6. The number of aromatic nitrogens is 2. The summed E-state index contributed by atoms with van der Waals surface area (Å²) in [5.74, 6) is -2.45. The Morgan fingerprint density at radius 2 is 1.73 bits per heavy atom. The first kappa shape index (κ1) is 47.9. The summed E-state index contributed by atoms with van der Waals surface area (Å²) in [5, 5.41) is 83.8. The van der Waals surface area contributed by atoms with Crippen molar-refractivity contribution in [2.24, 2.45) is 85.6 Å². The van der Waals surface area contributed by atoms with Crippen LogP contribution in [0, 0.1) is 79.8 Å². The van der Waals surface area contributed by atoms with Gasteiger partial charge in [-0.05, 0) is 140 Å². The Bertz CT molecular complexity index is 2140. The number of nitrogens with two attached hydrogens (primary N) is 1. The molecule has 11 N–H and O–H groups in total. The van der Waals surface area contributed by atoms with E-state index in [0.29, 0.717) is 51.5 Å². The number of aliphatic hydroxyl groups is 6. The smallest absolute Gasteiger partial charge is 0.310 e. The highest BCUT2D eigenvalue weighted by atomic mass is 16.7. The molecule has 10 rings (SSSR count). The number of nitrogens with zero attached hydrogens (tertiary/aromatic N) is 1. The van der Waals surface area contributed by atoms with E-state index in [1.165, 1.54) is 5.57 Å². The molecule has 15 nitrogen and oxygen atoms in total. The quantitative estimate of drug-likeness (QED) is 0.119. The number of hydrogen-bond donors (Lipinski definition) is 10. The SMILES string of the molecule is C[C@]1(CO)C[C@@H]2CCC[C@H]3C[C@]2(C(=O)O)[C@@H](C1)C1=CC[C@@H]2[C@@]4(C)[C@@H]([C@@H]5C=C[C@](CCCN)(c6cnc[nH]6)[C@H]6NC(=O)C[C@@H]56)[C@@H](O)[C@@H](O[C@@H]5OC[C@@H](O)[C@H](O)[C@H]5O)[C@@](C)(CO)[C@H]4CC[C@@]2(C)[C@@]13C. The summed E-state index contributed by atoms with van der Waals surface area (Å²) in [6.07, 6.45) is 10.3. The predicted octanol–water partition coefficient (Wildman–Crippen LogP) is 3.57. The molecule has 67 heavy (non-hydrogen) atoms. The van der Waals surface area contributed by atoms with Gasteiger partial charge in [0.15, 0.2) is 6.29 Å². The molecule has 2 bridgehead atoms. The highest BCUT2D eigenvalue weighted by molar-refractivity contribution is 5.80. The van der Waals surface area contributed by atoms with Crippen LogP contribution in [-0.2, 0) is 24.5 Å². The summed E-state index contributed by atoms with van der Waals surface area (Å²) in [6.45, 7) is 11.1. The van der Waals surface area contributed by atoms with Crippen molar-refractivity contribution in [3.63, 3.8) is 0 Å². The summed E-state index contributed by atoms with van der Waals surface area (Å²) >= 11 is 0. The van der Waals surface area contributed by atoms with Crippen LogP contribution in [-0.4, -0.2) is 127 Å². The van der Waals surface area contributed by atoms with Gasteiger partial charge in [0.1, 0.15) is 18.3 Å². The van der Waals surface area contributed by atoms with Gasteiger partial charge in [0.2, 0.25) is 5.91 Å².